The number of ether oxygens (including phenoxy) is 1. The van der Waals surface area contributed by atoms with Gasteiger partial charge in [-0.05, 0) is 44.6 Å². The van der Waals surface area contributed by atoms with E-state index in [0.717, 1.165) is 43.9 Å². The average Bonchev–Trinajstić information content (AvgIpc) is 3.24. The number of halogens is 2. The Kier molecular flexibility index (Phi) is 6.41. The average molecular weight is 473 g/mol. The van der Waals surface area contributed by atoms with Crippen molar-refractivity contribution in [3.05, 3.63) is 35.5 Å². The fraction of sp³-hybridized carbons (Fsp3) is 0.478. The molecule has 3 aromatic rings. The molecule has 3 N–H and O–H groups in total. The number of fused-ring (bicyclic) bond motifs is 1. The number of hydrogen-bond donors (Lipinski definition) is 3. The normalized spacial score (nSPS) is 21.8. The lowest BCUT2D eigenvalue weighted by Gasteiger charge is -2.32. The van der Waals surface area contributed by atoms with E-state index in [9.17, 15) is 9.18 Å². The highest BCUT2D eigenvalue weighted by Gasteiger charge is 2.28. The van der Waals surface area contributed by atoms with Crippen LogP contribution in [0.5, 0.6) is 0 Å². The van der Waals surface area contributed by atoms with E-state index in [1.165, 1.54) is 6.20 Å². The maximum atomic E-state index is 14.6. The first-order valence-electron chi connectivity index (χ1n) is 11.4. The number of pyridine rings is 1. The topological polar surface area (TPSA) is 105 Å². The van der Waals surface area contributed by atoms with E-state index < -0.39 is 5.82 Å². The van der Waals surface area contributed by atoms with Crippen LogP contribution in [0, 0.1) is 11.7 Å². The van der Waals surface area contributed by atoms with Gasteiger partial charge in [0.15, 0.2) is 17.5 Å². The standard InChI is InChI=1S/C23H26ClFN6O2/c24-14-8-17-18(11-27-20(17)26-10-14)21-28-12-19(25)22(31-21)29-15-2-1-3-16(9-15)30-23(32)13-4-6-33-7-5-13/h8,10-13,15-16H,1-7,9H2,(H,26,27)(H,30,32)(H,28,29,31)/t15-,16+/m0/s1. The molecule has 1 saturated heterocycles. The summed E-state index contributed by atoms with van der Waals surface area (Å²) in [4.78, 5) is 28.6. The molecule has 0 aromatic carbocycles. The van der Waals surface area contributed by atoms with Crippen LogP contribution in [0.25, 0.3) is 22.4 Å². The number of amides is 1. The molecule has 10 heteroatoms. The number of carbonyl (C=O) groups excluding carboxylic acids is 1. The molecular weight excluding hydrogens is 447 g/mol. The Morgan fingerprint density at radius 1 is 1.15 bits per heavy atom. The molecule has 8 nitrogen and oxygen atoms in total. The van der Waals surface area contributed by atoms with Gasteiger partial charge in [-0.25, -0.2) is 19.3 Å². The monoisotopic (exact) mass is 472 g/mol. The minimum Gasteiger partial charge on any atom is -0.381 e. The summed E-state index contributed by atoms with van der Waals surface area (Å²) in [6.07, 6.45) is 9.49. The maximum Gasteiger partial charge on any atom is 0.223 e. The first-order valence-corrected chi connectivity index (χ1v) is 11.7. The van der Waals surface area contributed by atoms with E-state index in [4.69, 9.17) is 16.3 Å². The molecule has 174 valence electrons. The Hall–Kier alpha value is -2.78. The highest BCUT2D eigenvalue weighted by Crippen LogP contribution is 2.29. The minimum absolute atomic E-state index is 0.00932. The molecule has 2 atom stereocenters. The van der Waals surface area contributed by atoms with Gasteiger partial charge in [-0.3, -0.25) is 4.79 Å². The molecule has 0 bridgehead atoms. The Labute approximate surface area is 195 Å². The zero-order chi connectivity index (χ0) is 22.8. The minimum atomic E-state index is -0.511. The third-order valence-electron chi connectivity index (χ3n) is 6.44. The lowest BCUT2D eigenvalue weighted by Crippen LogP contribution is -2.45. The molecule has 1 saturated carbocycles. The highest BCUT2D eigenvalue weighted by molar-refractivity contribution is 6.31. The summed E-state index contributed by atoms with van der Waals surface area (Å²) in [6, 6.07) is 1.86. The van der Waals surface area contributed by atoms with E-state index in [1.54, 1.807) is 18.5 Å². The van der Waals surface area contributed by atoms with Gasteiger partial charge in [-0.2, -0.15) is 0 Å². The summed E-state index contributed by atoms with van der Waals surface area (Å²) in [5, 5.41) is 7.71. The quantitative estimate of drug-likeness (QED) is 0.517. The van der Waals surface area contributed by atoms with E-state index in [-0.39, 0.29) is 29.7 Å². The van der Waals surface area contributed by atoms with Crippen LogP contribution in [0.2, 0.25) is 5.02 Å². The zero-order valence-electron chi connectivity index (χ0n) is 18.1. The largest absolute Gasteiger partial charge is 0.381 e. The molecule has 1 aliphatic carbocycles. The summed E-state index contributed by atoms with van der Waals surface area (Å²) in [6.45, 7) is 1.28. The molecule has 2 fully saturated rings. The predicted molar refractivity (Wildman–Crippen MR) is 123 cm³/mol. The molecule has 4 heterocycles. The second kappa shape index (κ2) is 9.61. The number of aromatic amines is 1. The van der Waals surface area contributed by atoms with Crippen molar-refractivity contribution in [3.8, 4) is 11.4 Å². The summed E-state index contributed by atoms with van der Waals surface area (Å²) in [5.41, 5.74) is 1.36. The first kappa shape index (κ1) is 22.0. The molecule has 0 unspecified atom stereocenters. The van der Waals surface area contributed by atoms with Crippen LogP contribution in [0.3, 0.4) is 0 Å². The number of aromatic nitrogens is 4. The molecule has 1 aliphatic heterocycles. The van der Waals surface area contributed by atoms with E-state index >= 15 is 0 Å². The van der Waals surface area contributed by atoms with Gasteiger partial charge >= 0.3 is 0 Å². The van der Waals surface area contributed by atoms with Crippen LogP contribution in [0.1, 0.15) is 38.5 Å². The summed E-state index contributed by atoms with van der Waals surface area (Å²) in [5.74, 6) is 0.155. The van der Waals surface area contributed by atoms with Gasteiger partial charge in [0.1, 0.15) is 5.65 Å². The Morgan fingerprint density at radius 2 is 1.97 bits per heavy atom. The van der Waals surface area contributed by atoms with Gasteiger partial charge < -0.3 is 20.4 Å². The summed E-state index contributed by atoms with van der Waals surface area (Å²) < 4.78 is 19.9. The van der Waals surface area contributed by atoms with Crippen LogP contribution in [-0.4, -0.2) is 51.1 Å². The second-order valence-electron chi connectivity index (χ2n) is 8.74. The number of anilines is 1. The van der Waals surface area contributed by atoms with Crippen LogP contribution in [0.4, 0.5) is 10.2 Å². The zero-order valence-corrected chi connectivity index (χ0v) is 18.9. The fourth-order valence-electron chi connectivity index (χ4n) is 4.69. The van der Waals surface area contributed by atoms with Gasteiger partial charge in [-0.1, -0.05) is 11.6 Å². The predicted octanol–water partition coefficient (Wildman–Crippen LogP) is 4.08. The van der Waals surface area contributed by atoms with Crippen molar-refractivity contribution in [1.82, 2.24) is 25.3 Å². The molecule has 2 aliphatic rings. The summed E-state index contributed by atoms with van der Waals surface area (Å²) in [7, 11) is 0. The number of nitrogens with one attached hydrogen (secondary N) is 3. The van der Waals surface area contributed by atoms with Crippen molar-refractivity contribution < 1.29 is 13.9 Å². The lowest BCUT2D eigenvalue weighted by atomic mass is 9.90. The number of rotatable bonds is 5. The smallest absolute Gasteiger partial charge is 0.223 e. The lowest BCUT2D eigenvalue weighted by molar-refractivity contribution is -0.128. The molecule has 0 radical (unpaired) electrons. The highest BCUT2D eigenvalue weighted by atomic mass is 35.5. The fourth-order valence-corrected chi connectivity index (χ4v) is 4.84. The number of carbonyl (C=O) groups is 1. The van der Waals surface area contributed by atoms with E-state index in [1.807, 2.05) is 0 Å². The first-order chi connectivity index (χ1) is 16.1. The van der Waals surface area contributed by atoms with Crippen LogP contribution in [0.15, 0.2) is 24.7 Å². The van der Waals surface area contributed by atoms with Gasteiger partial charge in [0.2, 0.25) is 5.91 Å². The second-order valence-corrected chi connectivity index (χ2v) is 9.18. The van der Waals surface area contributed by atoms with E-state index in [2.05, 4.69) is 30.6 Å². The van der Waals surface area contributed by atoms with Crippen LogP contribution < -0.4 is 10.6 Å². The van der Waals surface area contributed by atoms with E-state index in [0.29, 0.717) is 35.3 Å². The molecule has 33 heavy (non-hydrogen) atoms. The van der Waals surface area contributed by atoms with Crippen molar-refractivity contribution in [2.75, 3.05) is 18.5 Å². The Balaban J connectivity index is 1.28. The van der Waals surface area contributed by atoms with Gasteiger partial charge in [-0.15, -0.1) is 0 Å². The third-order valence-corrected chi connectivity index (χ3v) is 6.64. The molecular formula is C23H26ClFN6O2. The molecule has 3 aromatic heterocycles. The number of nitrogens with zero attached hydrogens (tertiary/aromatic N) is 3. The Bertz CT molecular complexity index is 1150. The molecule has 5 rings (SSSR count). The van der Waals surface area contributed by atoms with Gasteiger partial charge in [0.05, 0.1) is 11.2 Å². The van der Waals surface area contributed by atoms with Crippen LogP contribution in [-0.2, 0) is 9.53 Å². The molecule has 0 spiro atoms. The Morgan fingerprint density at radius 3 is 2.82 bits per heavy atom. The SMILES string of the molecule is O=C(N[C@@H]1CCC[C@H](Nc2nc(-c3c[nH]c4ncc(Cl)cc34)ncc2F)C1)C1CCOCC1. The third kappa shape index (κ3) is 4.94. The maximum absolute atomic E-state index is 14.6. The summed E-state index contributed by atoms with van der Waals surface area (Å²) >= 11 is 6.09. The van der Waals surface area contributed by atoms with Crippen molar-refractivity contribution in [1.29, 1.82) is 0 Å². The van der Waals surface area contributed by atoms with Crippen molar-refractivity contribution in [2.24, 2.45) is 5.92 Å². The van der Waals surface area contributed by atoms with Gasteiger partial charge in [0.25, 0.3) is 0 Å². The number of hydrogen-bond acceptors (Lipinski definition) is 6. The number of H-pyrrole nitrogens is 1. The van der Waals surface area contributed by atoms with Crippen molar-refractivity contribution in [2.45, 2.75) is 50.6 Å². The van der Waals surface area contributed by atoms with Crippen molar-refractivity contribution >= 4 is 34.4 Å². The van der Waals surface area contributed by atoms with Crippen molar-refractivity contribution in [3.63, 3.8) is 0 Å². The van der Waals surface area contributed by atoms with Gasteiger partial charge in [0, 0.05) is 54.6 Å². The molecule has 1 amide bonds. The van der Waals surface area contributed by atoms with Crippen LogP contribution >= 0.6 is 11.6 Å².